The van der Waals surface area contributed by atoms with Crippen LogP contribution in [0.2, 0.25) is 0 Å². The number of aromatic hydroxyl groups is 3. The van der Waals surface area contributed by atoms with E-state index in [1.807, 2.05) is 42.5 Å². The first-order valence-electron chi connectivity index (χ1n) is 15.1. The van der Waals surface area contributed by atoms with Gasteiger partial charge in [0, 0.05) is 17.7 Å². The van der Waals surface area contributed by atoms with Crippen LogP contribution in [0.5, 0.6) is 23.3 Å². The van der Waals surface area contributed by atoms with Crippen LogP contribution in [0.3, 0.4) is 0 Å². The second-order valence-corrected chi connectivity index (χ2v) is 10.8. The van der Waals surface area contributed by atoms with Crippen molar-refractivity contribution < 1.29 is 20.1 Å². The number of phenolic OH excluding ortho intramolecular Hbond substituents is 3. The first-order chi connectivity index (χ1) is 20.5. The van der Waals surface area contributed by atoms with Crippen molar-refractivity contribution in [2.45, 2.75) is 71.1 Å². The van der Waals surface area contributed by atoms with Gasteiger partial charge >= 0.3 is 6.01 Å². The van der Waals surface area contributed by atoms with Crippen molar-refractivity contribution in [2.75, 3.05) is 6.61 Å². The third kappa shape index (κ3) is 6.90. The van der Waals surface area contributed by atoms with Gasteiger partial charge in [-0.05, 0) is 34.0 Å². The van der Waals surface area contributed by atoms with Gasteiger partial charge in [0.2, 0.25) is 0 Å². The van der Waals surface area contributed by atoms with Crippen LogP contribution in [0.1, 0.15) is 71.1 Å². The molecule has 0 atom stereocenters. The fourth-order valence-electron chi connectivity index (χ4n) is 5.47. The minimum Gasteiger partial charge on any atom is -0.508 e. The maximum Gasteiger partial charge on any atom is 0.320 e. The molecule has 0 radical (unpaired) electrons. The number of benzene rings is 4. The molecular formula is C35H39N3O4. The second kappa shape index (κ2) is 14.0. The Morgan fingerprint density at radius 2 is 1.17 bits per heavy atom. The summed E-state index contributed by atoms with van der Waals surface area (Å²) in [6.07, 6.45) is 12.2. The zero-order valence-corrected chi connectivity index (χ0v) is 24.2. The molecule has 42 heavy (non-hydrogen) atoms. The Bertz CT molecular complexity index is 1630. The van der Waals surface area contributed by atoms with Crippen molar-refractivity contribution >= 4 is 21.5 Å². The number of phenols is 3. The molecule has 5 rings (SSSR count). The van der Waals surface area contributed by atoms with E-state index in [0.717, 1.165) is 52.1 Å². The molecule has 0 spiro atoms. The monoisotopic (exact) mass is 565 g/mol. The van der Waals surface area contributed by atoms with E-state index in [1.165, 1.54) is 51.4 Å². The van der Waals surface area contributed by atoms with Crippen molar-refractivity contribution in [1.29, 1.82) is 0 Å². The summed E-state index contributed by atoms with van der Waals surface area (Å²) in [6, 6.07) is 20.7. The van der Waals surface area contributed by atoms with Crippen LogP contribution < -0.4 is 4.74 Å². The number of rotatable bonds is 14. The van der Waals surface area contributed by atoms with E-state index in [9.17, 15) is 15.3 Å². The predicted octanol–water partition coefficient (Wildman–Crippen LogP) is 8.93. The molecule has 0 unspecified atom stereocenters. The molecule has 0 aliphatic carbocycles. The summed E-state index contributed by atoms with van der Waals surface area (Å²) < 4.78 is 6.03. The van der Waals surface area contributed by atoms with E-state index in [-0.39, 0.29) is 34.6 Å². The zero-order valence-electron chi connectivity index (χ0n) is 24.2. The summed E-state index contributed by atoms with van der Waals surface area (Å²) in [5.41, 5.74) is 0.792. The summed E-state index contributed by atoms with van der Waals surface area (Å²) in [7, 11) is 0. The molecule has 1 heterocycles. The minimum absolute atomic E-state index is 0.00494. The lowest BCUT2D eigenvalue weighted by Crippen LogP contribution is -2.05. The third-order valence-corrected chi connectivity index (χ3v) is 7.66. The van der Waals surface area contributed by atoms with Gasteiger partial charge in [0.1, 0.15) is 22.8 Å². The fourth-order valence-corrected chi connectivity index (χ4v) is 5.47. The maximum absolute atomic E-state index is 10.6. The van der Waals surface area contributed by atoms with Crippen molar-refractivity contribution in [3.8, 4) is 46.0 Å². The molecule has 7 heteroatoms. The normalized spacial score (nSPS) is 11.4. The Morgan fingerprint density at radius 1 is 0.595 bits per heavy atom. The van der Waals surface area contributed by atoms with Crippen molar-refractivity contribution in [3.05, 3.63) is 66.7 Å². The van der Waals surface area contributed by atoms with E-state index in [0.29, 0.717) is 12.4 Å². The first kappa shape index (κ1) is 29.1. The molecule has 7 nitrogen and oxygen atoms in total. The predicted molar refractivity (Wildman–Crippen MR) is 168 cm³/mol. The fraction of sp³-hybridized carbons (Fsp3) is 0.343. The van der Waals surface area contributed by atoms with Gasteiger partial charge in [0.05, 0.1) is 6.61 Å². The van der Waals surface area contributed by atoms with Crippen LogP contribution in [0, 0.1) is 0 Å². The maximum atomic E-state index is 10.6. The summed E-state index contributed by atoms with van der Waals surface area (Å²) in [5.74, 6) is -0.513. The number of nitrogens with zero attached hydrogens (tertiary/aromatic N) is 3. The van der Waals surface area contributed by atoms with Gasteiger partial charge in [0.15, 0.2) is 11.6 Å². The molecule has 5 aromatic rings. The van der Waals surface area contributed by atoms with E-state index >= 15 is 0 Å². The topological polar surface area (TPSA) is 109 Å². The molecule has 0 aliphatic rings. The van der Waals surface area contributed by atoms with Crippen LogP contribution in [0.4, 0.5) is 0 Å². The molecular weight excluding hydrogens is 526 g/mol. The third-order valence-electron chi connectivity index (χ3n) is 7.66. The van der Waals surface area contributed by atoms with Crippen LogP contribution in [-0.4, -0.2) is 36.9 Å². The van der Waals surface area contributed by atoms with E-state index in [4.69, 9.17) is 4.74 Å². The molecule has 0 aliphatic heterocycles. The number of hydrogen-bond donors (Lipinski definition) is 3. The molecule has 0 saturated heterocycles. The van der Waals surface area contributed by atoms with Crippen LogP contribution in [0.15, 0.2) is 66.7 Å². The lowest BCUT2D eigenvalue weighted by molar-refractivity contribution is 0.281. The molecule has 218 valence electrons. The molecule has 0 saturated carbocycles. The zero-order chi connectivity index (χ0) is 29.3. The van der Waals surface area contributed by atoms with Crippen molar-refractivity contribution in [1.82, 2.24) is 15.0 Å². The van der Waals surface area contributed by atoms with E-state index < -0.39 is 0 Å². The lowest BCUT2D eigenvalue weighted by Gasteiger charge is -2.13. The Morgan fingerprint density at radius 3 is 1.86 bits per heavy atom. The first-order valence-corrected chi connectivity index (χ1v) is 15.1. The Labute approximate surface area is 246 Å². The molecule has 0 bridgehead atoms. The van der Waals surface area contributed by atoms with Gasteiger partial charge in [-0.3, -0.25) is 0 Å². The smallest absolute Gasteiger partial charge is 0.320 e. The highest BCUT2D eigenvalue weighted by molar-refractivity contribution is 6.13. The van der Waals surface area contributed by atoms with E-state index in [1.54, 1.807) is 0 Å². The molecule has 0 fully saturated rings. The number of aromatic nitrogens is 3. The number of ether oxygens (including phenoxy) is 1. The van der Waals surface area contributed by atoms with Gasteiger partial charge in [-0.2, -0.15) is 9.97 Å². The van der Waals surface area contributed by atoms with Gasteiger partial charge in [-0.1, -0.05) is 113 Å². The second-order valence-electron chi connectivity index (χ2n) is 10.8. The summed E-state index contributed by atoms with van der Waals surface area (Å²) in [4.78, 5) is 13.8. The number of hydrogen-bond acceptors (Lipinski definition) is 7. The number of unbranched alkanes of at least 4 members (excludes halogenated alkanes) is 9. The average molecular weight is 566 g/mol. The highest BCUT2D eigenvalue weighted by atomic mass is 16.5. The summed E-state index contributed by atoms with van der Waals surface area (Å²) in [5, 5.41) is 35.2. The SMILES string of the molecule is CCCCCCCCCCCCOc1nc(-c2c(O)cc(O)cc2O)nc(-c2cc3ccccc3c3ccccc23)n1. The number of fused-ring (bicyclic) bond motifs is 3. The highest BCUT2D eigenvalue weighted by Gasteiger charge is 2.20. The molecule has 0 amide bonds. The summed E-state index contributed by atoms with van der Waals surface area (Å²) >= 11 is 0. The average Bonchev–Trinajstić information content (AvgIpc) is 2.99. The molecule has 1 aromatic heterocycles. The largest absolute Gasteiger partial charge is 0.508 e. The molecule has 4 aromatic carbocycles. The highest BCUT2D eigenvalue weighted by Crippen LogP contribution is 2.40. The van der Waals surface area contributed by atoms with Crippen LogP contribution >= 0.6 is 0 Å². The van der Waals surface area contributed by atoms with Crippen molar-refractivity contribution in [2.24, 2.45) is 0 Å². The van der Waals surface area contributed by atoms with E-state index in [2.05, 4.69) is 34.0 Å². The van der Waals surface area contributed by atoms with Crippen LogP contribution in [-0.2, 0) is 0 Å². The Hall–Kier alpha value is -4.39. The lowest BCUT2D eigenvalue weighted by atomic mass is 9.97. The van der Waals surface area contributed by atoms with Gasteiger partial charge in [0.25, 0.3) is 0 Å². The Kier molecular flexibility index (Phi) is 9.70. The Balaban J connectivity index is 1.41. The van der Waals surface area contributed by atoms with Gasteiger partial charge in [-0.25, -0.2) is 4.98 Å². The minimum atomic E-state index is -0.339. The van der Waals surface area contributed by atoms with Gasteiger partial charge in [-0.15, -0.1) is 0 Å². The summed E-state index contributed by atoms with van der Waals surface area (Å²) in [6.45, 7) is 2.69. The quantitative estimate of drug-likeness (QED) is 0.0911. The van der Waals surface area contributed by atoms with Crippen LogP contribution in [0.25, 0.3) is 44.3 Å². The standard InChI is InChI=1S/C35H39N3O4/c1-2-3-4-5-6-7-8-9-10-15-20-42-35-37-33(36-34(38-35)32-30(40)22-25(39)23-31(32)41)29-21-24-16-11-12-17-26(24)27-18-13-14-19-28(27)29/h11-14,16-19,21-23,39-41H,2-10,15,20H2,1H3. The van der Waals surface area contributed by atoms with Gasteiger partial charge < -0.3 is 20.1 Å². The molecule has 3 N–H and O–H groups in total. The van der Waals surface area contributed by atoms with Crippen molar-refractivity contribution in [3.63, 3.8) is 0 Å².